The molecule has 0 saturated carbocycles. The molecule has 19 heavy (non-hydrogen) atoms. The zero-order valence-corrected chi connectivity index (χ0v) is 10.7. The van der Waals surface area contributed by atoms with Crippen LogP contribution in [0.4, 0.5) is 16.2 Å². The molecule has 1 fully saturated rings. The average Bonchev–Trinajstić information content (AvgIpc) is 2.38. The van der Waals surface area contributed by atoms with Crippen molar-refractivity contribution in [3.63, 3.8) is 0 Å². The maximum Gasteiger partial charge on any atom is 0.407 e. The summed E-state index contributed by atoms with van der Waals surface area (Å²) < 4.78 is 0. The molecule has 0 aliphatic carbocycles. The van der Waals surface area contributed by atoms with Gasteiger partial charge in [0.2, 0.25) is 0 Å². The van der Waals surface area contributed by atoms with Crippen molar-refractivity contribution in [3.05, 3.63) is 33.3 Å². The summed E-state index contributed by atoms with van der Waals surface area (Å²) in [5.41, 5.74) is 0.634. The lowest BCUT2D eigenvalue weighted by Gasteiger charge is -2.34. The van der Waals surface area contributed by atoms with Gasteiger partial charge in [-0.3, -0.25) is 10.1 Å². The number of hydrogen-bond donors (Lipinski definition) is 1. The largest absolute Gasteiger partial charge is 0.465 e. The van der Waals surface area contributed by atoms with Gasteiger partial charge in [0, 0.05) is 38.3 Å². The highest BCUT2D eigenvalue weighted by molar-refractivity contribution is 6.33. The van der Waals surface area contributed by atoms with Crippen molar-refractivity contribution in [1.82, 2.24) is 4.90 Å². The fourth-order valence-corrected chi connectivity index (χ4v) is 2.30. The predicted molar refractivity (Wildman–Crippen MR) is 69.9 cm³/mol. The molecule has 0 bridgehead atoms. The molecule has 1 aromatic carbocycles. The van der Waals surface area contributed by atoms with Gasteiger partial charge in [-0.15, -0.1) is 0 Å². The van der Waals surface area contributed by atoms with Crippen molar-refractivity contribution in [2.24, 2.45) is 0 Å². The summed E-state index contributed by atoms with van der Waals surface area (Å²) >= 11 is 6.03. The molecule has 1 amide bonds. The third-order valence-electron chi connectivity index (χ3n) is 3.03. The summed E-state index contributed by atoms with van der Waals surface area (Å²) in [5, 5.41) is 19.8. The Morgan fingerprint density at radius 1 is 1.32 bits per heavy atom. The van der Waals surface area contributed by atoms with Crippen LogP contribution in [-0.4, -0.2) is 47.2 Å². The summed E-state index contributed by atoms with van der Waals surface area (Å²) in [6, 6.07) is 4.29. The van der Waals surface area contributed by atoms with Crippen LogP contribution in [0.25, 0.3) is 0 Å². The number of piperazine rings is 1. The van der Waals surface area contributed by atoms with Crippen LogP contribution in [0.2, 0.25) is 5.02 Å². The van der Waals surface area contributed by atoms with E-state index in [1.807, 2.05) is 4.90 Å². The fraction of sp³-hybridized carbons (Fsp3) is 0.364. The first kappa shape index (κ1) is 13.4. The van der Waals surface area contributed by atoms with Crippen LogP contribution in [0.5, 0.6) is 0 Å². The van der Waals surface area contributed by atoms with Gasteiger partial charge in [-0.2, -0.15) is 0 Å². The second-order valence-electron chi connectivity index (χ2n) is 4.15. The molecule has 102 valence electrons. The van der Waals surface area contributed by atoms with Crippen LogP contribution in [0.15, 0.2) is 18.2 Å². The lowest BCUT2D eigenvalue weighted by Crippen LogP contribution is -2.48. The van der Waals surface area contributed by atoms with E-state index in [4.69, 9.17) is 16.7 Å². The van der Waals surface area contributed by atoms with Gasteiger partial charge in [0.1, 0.15) is 0 Å². The number of benzene rings is 1. The smallest absolute Gasteiger partial charge is 0.407 e. The van der Waals surface area contributed by atoms with Gasteiger partial charge in [0.25, 0.3) is 5.69 Å². The van der Waals surface area contributed by atoms with E-state index in [9.17, 15) is 14.9 Å². The third-order valence-corrected chi connectivity index (χ3v) is 3.34. The van der Waals surface area contributed by atoms with Crippen molar-refractivity contribution in [2.75, 3.05) is 31.1 Å². The van der Waals surface area contributed by atoms with Crippen LogP contribution in [0, 0.1) is 10.1 Å². The van der Waals surface area contributed by atoms with E-state index in [2.05, 4.69) is 0 Å². The number of amides is 1. The molecule has 1 aliphatic rings. The van der Waals surface area contributed by atoms with Crippen molar-refractivity contribution in [3.8, 4) is 0 Å². The molecule has 1 saturated heterocycles. The van der Waals surface area contributed by atoms with Gasteiger partial charge in [-0.05, 0) is 6.07 Å². The molecule has 1 aromatic rings. The van der Waals surface area contributed by atoms with E-state index in [1.165, 1.54) is 17.0 Å². The van der Waals surface area contributed by atoms with Crippen LogP contribution < -0.4 is 4.90 Å². The Kier molecular flexibility index (Phi) is 3.75. The van der Waals surface area contributed by atoms with Crippen molar-refractivity contribution in [1.29, 1.82) is 0 Å². The number of carbonyl (C=O) groups is 1. The van der Waals surface area contributed by atoms with Gasteiger partial charge in [-0.1, -0.05) is 11.6 Å². The predicted octanol–water partition coefficient (Wildman–Crippen LogP) is 2.05. The Labute approximate surface area is 114 Å². The average molecular weight is 286 g/mol. The molecule has 0 spiro atoms. The molecule has 2 rings (SSSR count). The Morgan fingerprint density at radius 3 is 2.42 bits per heavy atom. The van der Waals surface area contributed by atoms with Crippen molar-refractivity contribution >= 4 is 29.1 Å². The van der Waals surface area contributed by atoms with E-state index in [-0.39, 0.29) is 5.69 Å². The minimum Gasteiger partial charge on any atom is -0.465 e. The Bertz CT molecular complexity index is 515. The van der Waals surface area contributed by atoms with E-state index >= 15 is 0 Å². The fourth-order valence-electron chi connectivity index (χ4n) is 2.00. The SMILES string of the molecule is O=C(O)N1CCN(c2ccc([N+](=O)[O-])cc2Cl)CC1. The molecule has 0 radical (unpaired) electrons. The molecule has 0 atom stereocenters. The number of nitro groups is 1. The summed E-state index contributed by atoms with van der Waals surface area (Å²) in [5.74, 6) is 0. The van der Waals surface area contributed by atoms with Crippen LogP contribution >= 0.6 is 11.6 Å². The molecule has 0 aromatic heterocycles. The second-order valence-corrected chi connectivity index (χ2v) is 4.56. The molecule has 8 heteroatoms. The van der Waals surface area contributed by atoms with Crippen LogP contribution in [0.1, 0.15) is 0 Å². The Balaban J connectivity index is 2.11. The Hall–Kier alpha value is -2.02. The highest BCUT2D eigenvalue weighted by atomic mass is 35.5. The van der Waals surface area contributed by atoms with Crippen molar-refractivity contribution in [2.45, 2.75) is 0 Å². The lowest BCUT2D eigenvalue weighted by molar-refractivity contribution is -0.384. The summed E-state index contributed by atoms with van der Waals surface area (Å²) in [7, 11) is 0. The lowest BCUT2D eigenvalue weighted by atomic mass is 10.2. The zero-order chi connectivity index (χ0) is 14.0. The number of carboxylic acid groups (broad SMARTS) is 1. The first-order valence-corrected chi connectivity index (χ1v) is 6.03. The molecule has 1 N–H and O–H groups in total. The highest BCUT2D eigenvalue weighted by Crippen LogP contribution is 2.30. The topological polar surface area (TPSA) is 86.9 Å². The quantitative estimate of drug-likeness (QED) is 0.664. The summed E-state index contributed by atoms with van der Waals surface area (Å²) in [4.78, 5) is 24.2. The summed E-state index contributed by atoms with van der Waals surface area (Å²) in [6.45, 7) is 1.82. The summed E-state index contributed by atoms with van der Waals surface area (Å²) in [6.07, 6.45) is -0.936. The van der Waals surface area contributed by atoms with E-state index < -0.39 is 11.0 Å². The normalized spacial score (nSPS) is 15.4. The van der Waals surface area contributed by atoms with Crippen LogP contribution in [-0.2, 0) is 0 Å². The maximum atomic E-state index is 10.8. The van der Waals surface area contributed by atoms with E-state index in [1.54, 1.807) is 6.07 Å². The number of rotatable bonds is 2. The van der Waals surface area contributed by atoms with Crippen LogP contribution in [0.3, 0.4) is 0 Å². The van der Waals surface area contributed by atoms with Gasteiger partial charge < -0.3 is 14.9 Å². The monoisotopic (exact) mass is 285 g/mol. The standard InChI is InChI=1S/C11H12ClN3O4/c12-9-7-8(15(18)19)1-2-10(9)13-3-5-14(6-4-13)11(16)17/h1-2,7H,3-6H2,(H,16,17). The van der Waals surface area contributed by atoms with Gasteiger partial charge in [-0.25, -0.2) is 4.79 Å². The third kappa shape index (κ3) is 2.87. The molecule has 7 nitrogen and oxygen atoms in total. The Morgan fingerprint density at radius 2 is 1.95 bits per heavy atom. The molecular formula is C11H12ClN3O4. The number of hydrogen-bond acceptors (Lipinski definition) is 4. The number of nitrogens with zero attached hydrogens (tertiary/aromatic N) is 3. The minimum atomic E-state index is -0.936. The van der Waals surface area contributed by atoms with E-state index in [0.717, 1.165) is 0 Å². The first-order valence-electron chi connectivity index (χ1n) is 5.66. The highest BCUT2D eigenvalue weighted by Gasteiger charge is 2.22. The maximum absolute atomic E-state index is 10.8. The van der Waals surface area contributed by atoms with Gasteiger partial charge in [0.15, 0.2) is 0 Å². The molecule has 0 unspecified atom stereocenters. The first-order chi connectivity index (χ1) is 8.99. The molecule has 1 aliphatic heterocycles. The number of nitro benzene ring substituents is 1. The number of non-ortho nitro benzene ring substituents is 1. The van der Waals surface area contributed by atoms with E-state index in [0.29, 0.717) is 36.9 Å². The number of halogens is 1. The van der Waals surface area contributed by atoms with Gasteiger partial charge >= 0.3 is 6.09 Å². The minimum absolute atomic E-state index is 0.0575. The molecular weight excluding hydrogens is 274 g/mol. The van der Waals surface area contributed by atoms with Gasteiger partial charge in [0.05, 0.1) is 15.6 Å². The number of anilines is 1. The molecule has 1 heterocycles. The van der Waals surface area contributed by atoms with Crippen molar-refractivity contribution < 1.29 is 14.8 Å². The second kappa shape index (κ2) is 5.31. The zero-order valence-electron chi connectivity index (χ0n) is 9.95.